The zero-order valence-electron chi connectivity index (χ0n) is 12.7. The molecule has 0 saturated carbocycles. The number of nitrogens with zero attached hydrogens (tertiary/aromatic N) is 1. The van der Waals surface area contributed by atoms with Crippen LogP contribution in [-0.4, -0.2) is 23.6 Å². The van der Waals surface area contributed by atoms with Crippen LogP contribution >= 0.6 is 0 Å². The number of rotatable bonds is 5. The Morgan fingerprint density at radius 2 is 1.96 bits per heavy atom. The maximum absolute atomic E-state index is 13.4. The summed E-state index contributed by atoms with van der Waals surface area (Å²) in [5.41, 5.74) is 0.186. The number of aromatic nitrogens is 1. The van der Waals surface area contributed by atoms with Gasteiger partial charge in [0.25, 0.3) is 0 Å². The summed E-state index contributed by atoms with van der Waals surface area (Å²) >= 11 is 0. The van der Waals surface area contributed by atoms with Gasteiger partial charge in [0.15, 0.2) is 0 Å². The van der Waals surface area contributed by atoms with Crippen molar-refractivity contribution in [1.29, 1.82) is 0 Å². The monoisotopic (exact) mass is 341 g/mol. The minimum Gasteiger partial charge on any atom is -0.325 e. The second-order valence-corrected chi connectivity index (χ2v) is 5.07. The first kappa shape index (κ1) is 17.9. The number of halogens is 4. The first-order chi connectivity index (χ1) is 11.3. The fourth-order valence-corrected chi connectivity index (χ4v) is 2.07. The van der Waals surface area contributed by atoms with E-state index < -0.39 is 30.5 Å². The van der Waals surface area contributed by atoms with Gasteiger partial charge >= 0.3 is 6.18 Å². The lowest BCUT2D eigenvalue weighted by Crippen LogP contribution is -2.39. The fraction of sp³-hybridized carbons (Fsp3) is 0.250. The van der Waals surface area contributed by atoms with Crippen molar-refractivity contribution in [3.8, 4) is 0 Å². The second-order valence-electron chi connectivity index (χ2n) is 5.07. The van der Waals surface area contributed by atoms with Gasteiger partial charge < -0.3 is 5.32 Å². The number of hydrogen-bond donors (Lipinski definition) is 2. The van der Waals surface area contributed by atoms with Crippen molar-refractivity contribution in [1.82, 2.24) is 10.3 Å². The Hall–Kier alpha value is -2.48. The summed E-state index contributed by atoms with van der Waals surface area (Å²) in [5, 5.41) is 4.52. The van der Waals surface area contributed by atoms with E-state index in [-0.39, 0.29) is 16.9 Å². The summed E-state index contributed by atoms with van der Waals surface area (Å²) in [6.45, 7) is 0.863. The van der Waals surface area contributed by atoms with Gasteiger partial charge in [-0.3, -0.25) is 15.1 Å². The maximum atomic E-state index is 13.4. The summed E-state index contributed by atoms with van der Waals surface area (Å²) in [5.74, 6) is -1.23. The molecule has 0 radical (unpaired) electrons. The topological polar surface area (TPSA) is 54.0 Å². The molecule has 2 N–H and O–H groups in total. The third-order valence-corrected chi connectivity index (χ3v) is 3.32. The largest absolute Gasteiger partial charge is 0.409 e. The van der Waals surface area contributed by atoms with Gasteiger partial charge in [0.1, 0.15) is 11.9 Å². The minimum atomic E-state index is -4.61. The predicted molar refractivity (Wildman–Crippen MR) is 80.8 cm³/mol. The highest BCUT2D eigenvalue weighted by Crippen LogP contribution is 2.31. The molecular formula is C16H15F4N3O. The van der Waals surface area contributed by atoms with Crippen LogP contribution < -0.4 is 10.6 Å². The average Bonchev–Trinajstić information content (AvgIpc) is 2.52. The fourth-order valence-electron chi connectivity index (χ4n) is 2.07. The number of alkyl halides is 3. The van der Waals surface area contributed by atoms with Gasteiger partial charge in [0, 0.05) is 17.4 Å². The van der Waals surface area contributed by atoms with Crippen molar-refractivity contribution in [2.45, 2.75) is 19.1 Å². The molecule has 2 aromatic rings. The molecule has 0 aliphatic rings. The van der Waals surface area contributed by atoms with Crippen LogP contribution in [0.2, 0.25) is 0 Å². The third-order valence-electron chi connectivity index (χ3n) is 3.32. The van der Waals surface area contributed by atoms with E-state index in [1.807, 2.05) is 0 Å². The molecular weight excluding hydrogens is 326 g/mol. The van der Waals surface area contributed by atoms with Crippen LogP contribution in [0.25, 0.3) is 0 Å². The van der Waals surface area contributed by atoms with Crippen molar-refractivity contribution in [3.63, 3.8) is 0 Å². The zero-order chi connectivity index (χ0) is 17.7. The van der Waals surface area contributed by atoms with E-state index in [0.717, 1.165) is 0 Å². The molecule has 0 bridgehead atoms. The van der Waals surface area contributed by atoms with Crippen molar-refractivity contribution in [2.75, 3.05) is 11.9 Å². The molecule has 0 aliphatic heterocycles. The Morgan fingerprint density at radius 3 is 2.58 bits per heavy atom. The van der Waals surface area contributed by atoms with Gasteiger partial charge in [-0.2, -0.15) is 13.2 Å². The molecule has 24 heavy (non-hydrogen) atoms. The number of amides is 1. The molecule has 1 heterocycles. The quantitative estimate of drug-likeness (QED) is 0.820. The van der Waals surface area contributed by atoms with E-state index in [9.17, 15) is 22.4 Å². The SMILES string of the molecule is Cc1c(F)cccc1NC(=O)CN[C@@H](c1ccccn1)C(F)(F)F. The molecule has 0 aliphatic carbocycles. The normalized spacial score (nSPS) is 12.7. The number of carbonyl (C=O) groups is 1. The average molecular weight is 341 g/mol. The smallest absolute Gasteiger partial charge is 0.325 e. The number of pyridine rings is 1. The van der Waals surface area contributed by atoms with Crippen LogP contribution in [0, 0.1) is 12.7 Å². The molecule has 0 fully saturated rings. The summed E-state index contributed by atoms with van der Waals surface area (Å²) < 4.78 is 52.7. The Morgan fingerprint density at radius 1 is 1.21 bits per heavy atom. The molecule has 8 heteroatoms. The van der Waals surface area contributed by atoms with Crippen LogP contribution in [0.1, 0.15) is 17.3 Å². The molecule has 0 saturated heterocycles. The van der Waals surface area contributed by atoms with E-state index in [1.165, 1.54) is 49.5 Å². The van der Waals surface area contributed by atoms with Crippen molar-refractivity contribution in [2.24, 2.45) is 0 Å². The van der Waals surface area contributed by atoms with Crippen molar-refractivity contribution >= 4 is 11.6 Å². The van der Waals surface area contributed by atoms with Gasteiger partial charge in [0.2, 0.25) is 5.91 Å². The van der Waals surface area contributed by atoms with Gasteiger partial charge in [-0.1, -0.05) is 12.1 Å². The molecule has 1 amide bonds. The highest BCUT2D eigenvalue weighted by atomic mass is 19.4. The van der Waals surface area contributed by atoms with Crippen LogP contribution in [0.5, 0.6) is 0 Å². The maximum Gasteiger partial charge on any atom is 0.409 e. The van der Waals surface area contributed by atoms with E-state index in [1.54, 1.807) is 0 Å². The van der Waals surface area contributed by atoms with Crippen LogP contribution in [0.4, 0.5) is 23.2 Å². The Bertz CT molecular complexity index is 704. The molecule has 4 nitrogen and oxygen atoms in total. The first-order valence-corrected chi connectivity index (χ1v) is 7.05. The highest BCUT2D eigenvalue weighted by Gasteiger charge is 2.41. The number of nitrogens with one attached hydrogen (secondary N) is 2. The molecule has 128 valence electrons. The Labute approximate surface area is 135 Å². The summed E-state index contributed by atoms with van der Waals surface area (Å²) in [4.78, 5) is 15.5. The van der Waals surface area contributed by atoms with Crippen LogP contribution in [0.15, 0.2) is 42.6 Å². The minimum absolute atomic E-state index is 0.211. The van der Waals surface area contributed by atoms with E-state index in [4.69, 9.17) is 0 Å². The lowest BCUT2D eigenvalue weighted by atomic mass is 10.1. The second kappa shape index (κ2) is 7.39. The number of anilines is 1. The van der Waals surface area contributed by atoms with Gasteiger partial charge in [-0.25, -0.2) is 4.39 Å². The van der Waals surface area contributed by atoms with E-state index in [2.05, 4.69) is 15.6 Å². The number of benzene rings is 1. The van der Waals surface area contributed by atoms with Crippen molar-refractivity contribution < 1.29 is 22.4 Å². The van der Waals surface area contributed by atoms with Gasteiger partial charge in [0.05, 0.1) is 12.2 Å². The van der Waals surface area contributed by atoms with Gasteiger partial charge in [-0.15, -0.1) is 0 Å². The van der Waals surface area contributed by atoms with Crippen LogP contribution in [0.3, 0.4) is 0 Å². The highest BCUT2D eigenvalue weighted by molar-refractivity contribution is 5.93. The predicted octanol–water partition coefficient (Wildman–Crippen LogP) is 3.36. The third kappa shape index (κ3) is 4.51. The first-order valence-electron chi connectivity index (χ1n) is 7.05. The summed E-state index contributed by atoms with van der Waals surface area (Å²) in [6, 6.07) is 6.17. The van der Waals surface area contributed by atoms with Crippen LogP contribution in [-0.2, 0) is 4.79 Å². The lowest BCUT2D eigenvalue weighted by Gasteiger charge is -2.21. The molecule has 2 rings (SSSR count). The van der Waals surface area contributed by atoms with Crippen molar-refractivity contribution in [3.05, 3.63) is 59.7 Å². The Kier molecular flexibility index (Phi) is 5.50. The van der Waals surface area contributed by atoms with E-state index in [0.29, 0.717) is 0 Å². The number of hydrogen-bond acceptors (Lipinski definition) is 3. The molecule has 1 aromatic carbocycles. The number of carbonyl (C=O) groups excluding carboxylic acids is 1. The Balaban J connectivity index is 2.04. The molecule has 0 spiro atoms. The molecule has 1 atom stereocenters. The zero-order valence-corrected chi connectivity index (χ0v) is 12.7. The van der Waals surface area contributed by atoms with E-state index >= 15 is 0 Å². The summed E-state index contributed by atoms with van der Waals surface area (Å²) in [6.07, 6.45) is -3.37. The molecule has 0 unspecified atom stereocenters. The van der Waals surface area contributed by atoms with Gasteiger partial charge in [-0.05, 0) is 31.2 Å². The molecule has 1 aromatic heterocycles. The summed E-state index contributed by atoms with van der Waals surface area (Å²) in [7, 11) is 0. The lowest BCUT2D eigenvalue weighted by molar-refractivity contribution is -0.158. The standard InChI is InChI=1S/C16H15F4N3O/c1-10-11(17)5-4-7-12(10)23-14(24)9-22-15(16(18,19)20)13-6-2-3-8-21-13/h2-8,15,22H,9H2,1H3,(H,23,24)/t15-/m0/s1.